The molecule has 1 amide bonds. The predicted molar refractivity (Wildman–Crippen MR) is 68.1 cm³/mol. The lowest BCUT2D eigenvalue weighted by molar-refractivity contribution is -0.127. The highest BCUT2D eigenvalue weighted by molar-refractivity contribution is 5.80. The molecular weight excluding hydrogens is 232 g/mol. The number of aliphatic hydroxyl groups excluding tert-OH is 1. The second-order valence-corrected chi connectivity index (χ2v) is 4.54. The van der Waals surface area contributed by atoms with Gasteiger partial charge in [0.2, 0.25) is 0 Å². The zero-order valence-corrected chi connectivity index (χ0v) is 11.0. The maximum atomic E-state index is 11.7. The number of carbonyl (C=O) groups excluding carboxylic acids is 1. The Bertz CT molecular complexity index is 376. The van der Waals surface area contributed by atoms with Gasteiger partial charge in [-0.25, -0.2) is 0 Å². The fourth-order valence-electron chi connectivity index (χ4n) is 1.28. The van der Waals surface area contributed by atoms with Crippen LogP contribution < -0.4 is 10.1 Å². The van der Waals surface area contributed by atoms with Crippen LogP contribution in [0.3, 0.4) is 0 Å². The zero-order chi connectivity index (χ0) is 13.5. The van der Waals surface area contributed by atoms with Gasteiger partial charge in [-0.3, -0.25) is 9.78 Å². The Morgan fingerprint density at radius 3 is 2.67 bits per heavy atom. The molecule has 5 heteroatoms. The van der Waals surface area contributed by atoms with E-state index in [0.29, 0.717) is 23.9 Å². The summed E-state index contributed by atoms with van der Waals surface area (Å²) in [5.74, 6) is 0.779. The molecule has 1 aromatic rings. The van der Waals surface area contributed by atoms with E-state index in [9.17, 15) is 4.79 Å². The predicted octanol–water partition coefficient (Wildman–Crippen LogP) is 1.11. The molecule has 1 atom stereocenters. The maximum Gasteiger partial charge on any atom is 0.260 e. The van der Waals surface area contributed by atoms with Crippen molar-refractivity contribution in [1.29, 1.82) is 0 Å². The van der Waals surface area contributed by atoms with Crippen LogP contribution in [-0.4, -0.2) is 28.6 Å². The maximum absolute atomic E-state index is 11.7. The molecule has 5 nitrogen and oxygen atoms in total. The summed E-state index contributed by atoms with van der Waals surface area (Å²) in [5.41, 5.74) is 0.569. The summed E-state index contributed by atoms with van der Waals surface area (Å²) in [6.07, 6.45) is 0.933. The van der Waals surface area contributed by atoms with Gasteiger partial charge in [0.05, 0.1) is 18.5 Å². The normalized spacial score (nSPS) is 12.3. The van der Waals surface area contributed by atoms with Crippen LogP contribution >= 0.6 is 0 Å². The number of nitrogens with one attached hydrogen (secondary N) is 1. The van der Waals surface area contributed by atoms with Crippen molar-refractivity contribution in [2.24, 2.45) is 5.92 Å². The van der Waals surface area contributed by atoms with E-state index in [0.717, 1.165) is 0 Å². The van der Waals surface area contributed by atoms with E-state index in [1.54, 1.807) is 19.1 Å². The Balaban J connectivity index is 2.47. The van der Waals surface area contributed by atoms with Crippen LogP contribution in [0.1, 0.15) is 26.5 Å². The first-order chi connectivity index (χ1) is 8.52. The molecule has 0 aliphatic heterocycles. The van der Waals surface area contributed by atoms with Crippen LogP contribution in [-0.2, 0) is 11.4 Å². The standard InChI is InChI=1S/C13H20N2O3/c1-9(2)6-15-13(17)10(3)18-12-5-4-11(8-16)14-7-12/h4-5,7,9-10,16H,6,8H2,1-3H3,(H,15,17). The van der Waals surface area contributed by atoms with Crippen molar-refractivity contribution >= 4 is 5.91 Å². The fourth-order valence-corrected chi connectivity index (χ4v) is 1.28. The van der Waals surface area contributed by atoms with Crippen LogP contribution in [0.5, 0.6) is 5.75 Å². The smallest absolute Gasteiger partial charge is 0.260 e. The van der Waals surface area contributed by atoms with Crippen molar-refractivity contribution in [2.75, 3.05) is 6.54 Å². The molecule has 100 valence electrons. The van der Waals surface area contributed by atoms with Crippen LogP contribution in [0.4, 0.5) is 0 Å². The van der Waals surface area contributed by atoms with Crippen LogP contribution in [0.15, 0.2) is 18.3 Å². The van der Waals surface area contributed by atoms with Crippen molar-refractivity contribution in [1.82, 2.24) is 10.3 Å². The van der Waals surface area contributed by atoms with E-state index in [4.69, 9.17) is 9.84 Å². The highest BCUT2D eigenvalue weighted by Gasteiger charge is 2.14. The topological polar surface area (TPSA) is 71.5 Å². The third kappa shape index (κ3) is 4.71. The van der Waals surface area contributed by atoms with Gasteiger partial charge in [0.15, 0.2) is 6.10 Å². The number of amides is 1. The summed E-state index contributed by atoms with van der Waals surface area (Å²) < 4.78 is 5.45. The van der Waals surface area contributed by atoms with Gasteiger partial charge < -0.3 is 15.2 Å². The lowest BCUT2D eigenvalue weighted by Gasteiger charge is -2.15. The number of carbonyl (C=O) groups is 1. The third-order valence-corrected chi connectivity index (χ3v) is 2.33. The summed E-state index contributed by atoms with van der Waals surface area (Å²) in [5, 5.41) is 11.7. The van der Waals surface area contributed by atoms with Gasteiger partial charge in [0.1, 0.15) is 5.75 Å². The highest BCUT2D eigenvalue weighted by Crippen LogP contribution is 2.11. The molecule has 1 aromatic heterocycles. The number of hydrogen-bond donors (Lipinski definition) is 2. The quantitative estimate of drug-likeness (QED) is 0.795. The number of ether oxygens (including phenoxy) is 1. The molecule has 0 saturated carbocycles. The van der Waals surface area contributed by atoms with Crippen molar-refractivity contribution < 1.29 is 14.6 Å². The van der Waals surface area contributed by atoms with Gasteiger partial charge in [-0.1, -0.05) is 13.8 Å². The minimum Gasteiger partial charge on any atom is -0.479 e. The van der Waals surface area contributed by atoms with Gasteiger partial charge in [-0.15, -0.1) is 0 Å². The van der Waals surface area contributed by atoms with Crippen LogP contribution in [0, 0.1) is 5.92 Å². The molecule has 2 N–H and O–H groups in total. The molecule has 1 heterocycles. The molecule has 0 saturated heterocycles. The molecule has 0 bridgehead atoms. The fraction of sp³-hybridized carbons (Fsp3) is 0.538. The van der Waals surface area contributed by atoms with E-state index in [2.05, 4.69) is 10.3 Å². The molecular formula is C13H20N2O3. The Morgan fingerprint density at radius 2 is 2.17 bits per heavy atom. The summed E-state index contributed by atoms with van der Waals surface area (Å²) in [7, 11) is 0. The number of nitrogens with zero attached hydrogens (tertiary/aromatic N) is 1. The van der Waals surface area contributed by atoms with Crippen molar-refractivity contribution in [3.05, 3.63) is 24.0 Å². The molecule has 0 spiro atoms. The van der Waals surface area contributed by atoms with E-state index in [-0.39, 0.29) is 12.5 Å². The zero-order valence-electron chi connectivity index (χ0n) is 11.0. The van der Waals surface area contributed by atoms with Gasteiger partial charge >= 0.3 is 0 Å². The lowest BCUT2D eigenvalue weighted by Crippen LogP contribution is -2.38. The first-order valence-electron chi connectivity index (χ1n) is 6.03. The summed E-state index contributed by atoms with van der Waals surface area (Å²) in [4.78, 5) is 15.7. The van der Waals surface area contributed by atoms with Crippen molar-refractivity contribution in [3.63, 3.8) is 0 Å². The van der Waals surface area contributed by atoms with E-state index < -0.39 is 6.10 Å². The molecule has 18 heavy (non-hydrogen) atoms. The number of aliphatic hydroxyl groups is 1. The molecule has 0 aliphatic carbocycles. The van der Waals surface area contributed by atoms with E-state index >= 15 is 0 Å². The second-order valence-electron chi connectivity index (χ2n) is 4.54. The van der Waals surface area contributed by atoms with Gasteiger partial charge in [0.25, 0.3) is 5.91 Å². The van der Waals surface area contributed by atoms with Crippen LogP contribution in [0.2, 0.25) is 0 Å². The molecule has 0 aromatic carbocycles. The Hall–Kier alpha value is -1.62. The highest BCUT2D eigenvalue weighted by atomic mass is 16.5. The average molecular weight is 252 g/mol. The van der Waals surface area contributed by atoms with Gasteiger partial charge in [-0.05, 0) is 25.0 Å². The van der Waals surface area contributed by atoms with Crippen molar-refractivity contribution in [2.45, 2.75) is 33.5 Å². The minimum absolute atomic E-state index is 0.106. The molecule has 0 fully saturated rings. The molecule has 0 radical (unpaired) electrons. The molecule has 1 rings (SSSR count). The average Bonchev–Trinajstić information content (AvgIpc) is 2.36. The summed E-state index contributed by atoms with van der Waals surface area (Å²) in [6.45, 7) is 6.28. The first-order valence-corrected chi connectivity index (χ1v) is 6.03. The van der Waals surface area contributed by atoms with E-state index in [1.807, 2.05) is 13.8 Å². The Morgan fingerprint density at radius 1 is 1.44 bits per heavy atom. The van der Waals surface area contributed by atoms with Crippen LogP contribution in [0.25, 0.3) is 0 Å². The Labute approximate surface area is 107 Å². The Kier molecular flexibility index (Phi) is 5.58. The summed E-state index contributed by atoms with van der Waals surface area (Å²) >= 11 is 0. The summed E-state index contributed by atoms with van der Waals surface area (Å²) in [6, 6.07) is 3.35. The van der Waals surface area contributed by atoms with Gasteiger partial charge in [-0.2, -0.15) is 0 Å². The van der Waals surface area contributed by atoms with Crippen molar-refractivity contribution in [3.8, 4) is 5.75 Å². The number of aromatic nitrogens is 1. The first kappa shape index (κ1) is 14.4. The molecule has 0 aliphatic rings. The SMILES string of the molecule is CC(C)CNC(=O)C(C)Oc1ccc(CO)nc1. The largest absolute Gasteiger partial charge is 0.479 e. The second kappa shape index (κ2) is 6.96. The molecule has 1 unspecified atom stereocenters. The monoisotopic (exact) mass is 252 g/mol. The minimum atomic E-state index is -0.564. The van der Waals surface area contributed by atoms with Gasteiger partial charge in [0, 0.05) is 6.54 Å². The van der Waals surface area contributed by atoms with E-state index in [1.165, 1.54) is 6.20 Å². The number of hydrogen-bond acceptors (Lipinski definition) is 4. The lowest BCUT2D eigenvalue weighted by atomic mass is 10.2. The number of rotatable bonds is 6. The number of pyridine rings is 1. The third-order valence-electron chi connectivity index (χ3n) is 2.33.